The molecule has 1 fully saturated rings. The van der Waals surface area contributed by atoms with Gasteiger partial charge in [0.1, 0.15) is 12.2 Å². The number of amides is 2. The Hall–Kier alpha value is -2.24. The van der Waals surface area contributed by atoms with Crippen molar-refractivity contribution in [3.8, 4) is 0 Å². The van der Waals surface area contributed by atoms with Crippen molar-refractivity contribution >= 4 is 12.2 Å². The number of ether oxygens (including phenoxy) is 2. The Morgan fingerprint density at radius 3 is 2.62 bits per heavy atom. The van der Waals surface area contributed by atoms with Crippen molar-refractivity contribution in [2.75, 3.05) is 19.6 Å². The van der Waals surface area contributed by atoms with Crippen LogP contribution >= 0.6 is 0 Å². The number of rotatable bonds is 4. The van der Waals surface area contributed by atoms with Gasteiger partial charge in [-0.3, -0.25) is 0 Å². The second-order valence-corrected chi connectivity index (χ2v) is 7.02. The van der Waals surface area contributed by atoms with Crippen molar-refractivity contribution in [1.29, 1.82) is 0 Å². The Labute approximate surface area is 143 Å². The highest BCUT2D eigenvalue weighted by Crippen LogP contribution is 2.19. The van der Waals surface area contributed by atoms with E-state index in [4.69, 9.17) is 9.47 Å². The van der Waals surface area contributed by atoms with Crippen molar-refractivity contribution in [2.45, 2.75) is 39.4 Å². The van der Waals surface area contributed by atoms with Crippen molar-refractivity contribution < 1.29 is 19.1 Å². The van der Waals surface area contributed by atoms with E-state index < -0.39 is 11.7 Å². The van der Waals surface area contributed by atoms with Gasteiger partial charge >= 0.3 is 12.2 Å². The maximum absolute atomic E-state index is 12.0. The number of carbonyl (C=O) groups excluding carboxylic acids is 2. The van der Waals surface area contributed by atoms with Crippen LogP contribution in [0.4, 0.5) is 9.59 Å². The lowest BCUT2D eigenvalue weighted by atomic mass is 10.1. The molecule has 1 aromatic carbocycles. The molecule has 1 aliphatic heterocycles. The van der Waals surface area contributed by atoms with Gasteiger partial charge in [0.25, 0.3) is 0 Å². The molecule has 1 heterocycles. The molecule has 24 heavy (non-hydrogen) atoms. The highest BCUT2D eigenvalue weighted by molar-refractivity contribution is 5.69. The van der Waals surface area contributed by atoms with Crippen LogP contribution in [0.3, 0.4) is 0 Å². The van der Waals surface area contributed by atoms with Crippen LogP contribution in [0.2, 0.25) is 0 Å². The third-order valence-electron chi connectivity index (χ3n) is 3.69. The number of nitrogens with zero attached hydrogens (tertiary/aromatic N) is 1. The van der Waals surface area contributed by atoms with Crippen LogP contribution in [0.25, 0.3) is 0 Å². The molecule has 0 unspecified atom stereocenters. The molecule has 1 aliphatic rings. The van der Waals surface area contributed by atoms with Gasteiger partial charge in [0, 0.05) is 19.6 Å². The lowest BCUT2D eigenvalue weighted by molar-refractivity contribution is 0.0288. The number of likely N-dealkylation sites (tertiary alicyclic amines) is 1. The topological polar surface area (TPSA) is 67.9 Å². The van der Waals surface area contributed by atoms with Crippen LogP contribution in [0.5, 0.6) is 0 Å². The first-order chi connectivity index (χ1) is 11.3. The van der Waals surface area contributed by atoms with Gasteiger partial charge in [0.05, 0.1) is 0 Å². The zero-order valence-corrected chi connectivity index (χ0v) is 14.6. The third-order valence-corrected chi connectivity index (χ3v) is 3.69. The molecule has 132 valence electrons. The predicted octanol–water partition coefficient (Wildman–Crippen LogP) is 3.17. The summed E-state index contributed by atoms with van der Waals surface area (Å²) in [6.45, 7) is 7.54. The average molecular weight is 334 g/mol. The molecule has 1 N–H and O–H groups in total. The van der Waals surface area contributed by atoms with Gasteiger partial charge in [0.2, 0.25) is 0 Å². The molecule has 1 aromatic rings. The average Bonchev–Trinajstić information content (AvgIpc) is 2.99. The quantitative estimate of drug-likeness (QED) is 0.918. The highest BCUT2D eigenvalue weighted by atomic mass is 16.6. The first-order valence-electron chi connectivity index (χ1n) is 8.26. The second-order valence-electron chi connectivity index (χ2n) is 7.02. The van der Waals surface area contributed by atoms with E-state index in [-0.39, 0.29) is 18.6 Å². The molecule has 0 aromatic heterocycles. The van der Waals surface area contributed by atoms with E-state index >= 15 is 0 Å². The molecule has 0 aliphatic carbocycles. The summed E-state index contributed by atoms with van der Waals surface area (Å²) in [6, 6.07) is 9.53. The Morgan fingerprint density at radius 2 is 1.96 bits per heavy atom. The fourth-order valence-corrected chi connectivity index (χ4v) is 2.49. The van der Waals surface area contributed by atoms with E-state index in [9.17, 15) is 9.59 Å². The standard InChI is InChI=1S/C18H26N2O4/c1-18(2,3)24-17(22)20-10-9-15(12-20)11-19-16(21)23-13-14-7-5-4-6-8-14/h4-8,15H,9-13H2,1-3H3,(H,19,21)/t15-/m1/s1. The first-order valence-corrected chi connectivity index (χ1v) is 8.26. The number of carbonyl (C=O) groups is 2. The molecule has 0 saturated carbocycles. The van der Waals surface area contributed by atoms with Crippen molar-refractivity contribution in [3.05, 3.63) is 35.9 Å². The predicted molar refractivity (Wildman–Crippen MR) is 90.5 cm³/mol. The lowest BCUT2D eigenvalue weighted by Crippen LogP contribution is -2.36. The fourth-order valence-electron chi connectivity index (χ4n) is 2.49. The van der Waals surface area contributed by atoms with Gasteiger partial charge in [-0.05, 0) is 38.7 Å². The molecule has 0 spiro atoms. The van der Waals surface area contributed by atoms with Gasteiger partial charge in [-0.15, -0.1) is 0 Å². The normalized spacial score (nSPS) is 17.5. The molecule has 6 nitrogen and oxygen atoms in total. The molecule has 0 bridgehead atoms. The molecule has 1 saturated heterocycles. The fraction of sp³-hybridized carbons (Fsp3) is 0.556. The van der Waals surface area contributed by atoms with Crippen molar-refractivity contribution in [2.24, 2.45) is 5.92 Å². The van der Waals surface area contributed by atoms with Gasteiger partial charge in [-0.25, -0.2) is 9.59 Å². The minimum atomic E-state index is -0.491. The molecule has 2 amide bonds. The lowest BCUT2D eigenvalue weighted by Gasteiger charge is -2.24. The van der Waals surface area contributed by atoms with Gasteiger partial charge in [-0.2, -0.15) is 0 Å². The largest absolute Gasteiger partial charge is 0.445 e. The van der Waals surface area contributed by atoms with Crippen LogP contribution in [-0.2, 0) is 16.1 Å². The monoisotopic (exact) mass is 334 g/mol. The van der Waals surface area contributed by atoms with Crippen LogP contribution in [0.15, 0.2) is 30.3 Å². The van der Waals surface area contributed by atoms with Gasteiger partial charge < -0.3 is 19.7 Å². The molecule has 0 radical (unpaired) electrons. The van der Waals surface area contributed by atoms with Crippen LogP contribution < -0.4 is 5.32 Å². The molecular weight excluding hydrogens is 308 g/mol. The minimum absolute atomic E-state index is 0.224. The Balaban J connectivity index is 1.66. The SMILES string of the molecule is CC(C)(C)OC(=O)N1CC[C@H](CNC(=O)OCc2ccccc2)C1. The summed E-state index contributed by atoms with van der Waals surface area (Å²) in [4.78, 5) is 25.4. The van der Waals surface area contributed by atoms with Crippen molar-refractivity contribution in [3.63, 3.8) is 0 Å². The second kappa shape index (κ2) is 8.04. The summed E-state index contributed by atoms with van der Waals surface area (Å²) in [5.74, 6) is 0.224. The van der Waals surface area contributed by atoms with Gasteiger partial charge in [-0.1, -0.05) is 30.3 Å². The first kappa shape index (κ1) is 18.1. The molecule has 2 rings (SSSR count). The number of benzene rings is 1. The molecular formula is C18H26N2O4. The maximum atomic E-state index is 12.0. The molecule has 6 heteroatoms. The summed E-state index contributed by atoms with van der Waals surface area (Å²) < 4.78 is 10.5. The van der Waals surface area contributed by atoms with E-state index in [0.717, 1.165) is 12.0 Å². The Bertz CT molecular complexity index is 554. The van der Waals surface area contributed by atoms with Crippen molar-refractivity contribution in [1.82, 2.24) is 10.2 Å². The van der Waals surface area contributed by atoms with Crippen LogP contribution in [-0.4, -0.2) is 42.3 Å². The summed E-state index contributed by atoms with van der Waals surface area (Å²) in [5, 5.41) is 2.76. The maximum Gasteiger partial charge on any atom is 0.410 e. The summed E-state index contributed by atoms with van der Waals surface area (Å²) >= 11 is 0. The van der Waals surface area contributed by atoms with Crippen LogP contribution in [0.1, 0.15) is 32.8 Å². The number of nitrogens with one attached hydrogen (secondary N) is 1. The third kappa shape index (κ3) is 6.10. The van der Waals surface area contributed by atoms with Gasteiger partial charge in [0.15, 0.2) is 0 Å². The highest BCUT2D eigenvalue weighted by Gasteiger charge is 2.29. The van der Waals surface area contributed by atoms with E-state index in [1.165, 1.54) is 0 Å². The molecule has 1 atom stereocenters. The Morgan fingerprint density at radius 1 is 1.25 bits per heavy atom. The van der Waals surface area contributed by atoms with E-state index in [0.29, 0.717) is 19.6 Å². The van der Waals surface area contributed by atoms with E-state index in [1.807, 2.05) is 51.1 Å². The van der Waals surface area contributed by atoms with E-state index in [1.54, 1.807) is 4.90 Å². The van der Waals surface area contributed by atoms with E-state index in [2.05, 4.69) is 5.32 Å². The summed E-state index contributed by atoms with van der Waals surface area (Å²) in [7, 11) is 0. The number of alkyl carbamates (subject to hydrolysis) is 1. The summed E-state index contributed by atoms with van der Waals surface area (Å²) in [6.07, 6.45) is 0.115. The smallest absolute Gasteiger partial charge is 0.410 e. The Kier molecular flexibility index (Phi) is 6.06. The summed E-state index contributed by atoms with van der Waals surface area (Å²) in [5.41, 5.74) is 0.457. The number of hydrogen-bond acceptors (Lipinski definition) is 4. The number of hydrogen-bond donors (Lipinski definition) is 1. The van der Waals surface area contributed by atoms with Crippen LogP contribution in [0, 0.1) is 5.92 Å². The minimum Gasteiger partial charge on any atom is -0.445 e. The zero-order chi connectivity index (χ0) is 17.6. The zero-order valence-electron chi connectivity index (χ0n) is 14.6.